The first kappa shape index (κ1) is 16.3. The minimum absolute atomic E-state index is 0.109. The number of aryl methyl sites for hydroxylation is 1. The number of allylic oxidation sites excluding steroid dienone is 4. The molecular formula is C14H9F6NO. The Morgan fingerprint density at radius 3 is 2.23 bits per heavy atom. The Kier molecular flexibility index (Phi) is 3.67. The van der Waals surface area contributed by atoms with Crippen molar-refractivity contribution in [1.29, 1.82) is 0 Å². The summed E-state index contributed by atoms with van der Waals surface area (Å²) in [7, 11) is 0. The van der Waals surface area contributed by atoms with Crippen molar-refractivity contribution < 1.29 is 31.1 Å². The van der Waals surface area contributed by atoms with E-state index < -0.39 is 40.5 Å². The van der Waals surface area contributed by atoms with Crippen LogP contribution in [-0.4, -0.2) is 22.6 Å². The molecule has 0 unspecified atom stereocenters. The van der Waals surface area contributed by atoms with E-state index in [2.05, 4.69) is 4.98 Å². The van der Waals surface area contributed by atoms with Crippen molar-refractivity contribution >= 4 is 11.4 Å². The van der Waals surface area contributed by atoms with Crippen LogP contribution in [0.15, 0.2) is 30.0 Å². The van der Waals surface area contributed by atoms with E-state index in [0.29, 0.717) is 0 Å². The van der Waals surface area contributed by atoms with E-state index in [1.807, 2.05) is 0 Å². The number of halogens is 6. The molecule has 0 atom stereocenters. The molecule has 0 amide bonds. The molecule has 2 rings (SSSR count). The lowest BCUT2D eigenvalue weighted by Gasteiger charge is -2.26. The van der Waals surface area contributed by atoms with Gasteiger partial charge in [-0.15, -0.1) is 0 Å². The third-order valence-electron chi connectivity index (χ3n) is 3.19. The summed E-state index contributed by atoms with van der Waals surface area (Å²) in [4.78, 5) is 14.7. The molecular weight excluding hydrogens is 312 g/mol. The fourth-order valence-electron chi connectivity index (χ4n) is 2.04. The van der Waals surface area contributed by atoms with Crippen LogP contribution >= 0.6 is 0 Å². The maximum absolute atomic E-state index is 13.8. The van der Waals surface area contributed by atoms with Gasteiger partial charge < -0.3 is 0 Å². The normalized spacial score (nSPS) is 19.9. The first-order valence-corrected chi connectivity index (χ1v) is 6.01. The molecule has 0 N–H and O–H groups in total. The molecule has 0 bridgehead atoms. The summed E-state index contributed by atoms with van der Waals surface area (Å²) in [6.07, 6.45) is 0.565. The Hall–Kier alpha value is -2.12. The molecule has 2 nitrogen and oxygen atoms in total. The maximum Gasteiger partial charge on any atom is 0.328 e. The van der Waals surface area contributed by atoms with Crippen LogP contribution in [0, 0.1) is 6.92 Å². The summed E-state index contributed by atoms with van der Waals surface area (Å²) >= 11 is 0. The van der Waals surface area contributed by atoms with Gasteiger partial charge in [0.05, 0.1) is 11.3 Å². The van der Waals surface area contributed by atoms with Crippen molar-refractivity contribution in [3.63, 3.8) is 0 Å². The molecule has 0 saturated heterocycles. The van der Waals surface area contributed by atoms with Gasteiger partial charge in [-0.2, -0.15) is 17.6 Å². The molecule has 0 aromatic carbocycles. The second-order valence-corrected chi connectivity index (χ2v) is 4.82. The second-order valence-electron chi connectivity index (χ2n) is 4.82. The van der Waals surface area contributed by atoms with Crippen LogP contribution in [0.3, 0.4) is 0 Å². The van der Waals surface area contributed by atoms with Crippen molar-refractivity contribution in [1.82, 2.24) is 4.98 Å². The molecule has 1 aliphatic carbocycles. The molecule has 0 aliphatic heterocycles. The Morgan fingerprint density at radius 2 is 1.73 bits per heavy atom. The highest BCUT2D eigenvalue weighted by atomic mass is 19.3. The van der Waals surface area contributed by atoms with Crippen molar-refractivity contribution in [2.75, 3.05) is 0 Å². The third-order valence-corrected chi connectivity index (χ3v) is 3.19. The van der Waals surface area contributed by atoms with Crippen molar-refractivity contribution in [3.05, 3.63) is 46.8 Å². The average Bonchev–Trinajstić information content (AvgIpc) is 2.41. The molecule has 1 heterocycles. The van der Waals surface area contributed by atoms with Gasteiger partial charge in [-0.3, -0.25) is 9.78 Å². The fourth-order valence-corrected chi connectivity index (χ4v) is 2.04. The van der Waals surface area contributed by atoms with Gasteiger partial charge in [-0.25, -0.2) is 8.78 Å². The van der Waals surface area contributed by atoms with Gasteiger partial charge in [0, 0.05) is 17.8 Å². The number of carbonyl (C=O) groups excluding carboxylic acids is 1. The topological polar surface area (TPSA) is 30.0 Å². The van der Waals surface area contributed by atoms with Crippen molar-refractivity contribution in [2.24, 2.45) is 0 Å². The van der Waals surface area contributed by atoms with E-state index in [-0.39, 0.29) is 17.2 Å². The van der Waals surface area contributed by atoms with Gasteiger partial charge >= 0.3 is 11.8 Å². The lowest BCUT2D eigenvalue weighted by atomic mass is 9.93. The van der Waals surface area contributed by atoms with E-state index in [1.165, 1.54) is 13.8 Å². The molecule has 0 saturated carbocycles. The van der Waals surface area contributed by atoms with Crippen LogP contribution in [0.5, 0.6) is 0 Å². The Morgan fingerprint density at radius 1 is 1.14 bits per heavy atom. The minimum atomic E-state index is -4.57. The number of alkyl halides is 4. The lowest BCUT2D eigenvalue weighted by molar-refractivity contribution is 0.0218. The maximum atomic E-state index is 13.8. The van der Waals surface area contributed by atoms with Gasteiger partial charge in [0.25, 0.3) is 0 Å². The van der Waals surface area contributed by atoms with Crippen molar-refractivity contribution in [3.8, 4) is 0 Å². The highest BCUT2D eigenvalue weighted by molar-refractivity contribution is 5.95. The van der Waals surface area contributed by atoms with Crippen LogP contribution in [0.2, 0.25) is 0 Å². The quantitative estimate of drug-likeness (QED) is 0.596. The molecule has 1 aliphatic rings. The molecule has 8 heteroatoms. The monoisotopic (exact) mass is 321 g/mol. The Balaban J connectivity index is 2.62. The smallest absolute Gasteiger partial charge is 0.294 e. The summed E-state index contributed by atoms with van der Waals surface area (Å²) in [5, 5.41) is 0. The van der Waals surface area contributed by atoms with E-state index in [9.17, 15) is 31.1 Å². The van der Waals surface area contributed by atoms with Crippen LogP contribution in [-0.2, 0) is 0 Å². The standard InChI is InChI=1S/C14H9F6NO/c1-6-3-10(21-5-8(6)7(2)22)9-4-13(17,18)11(15)12(16)14(9,19)20/h3-5H,1-2H3. The van der Waals surface area contributed by atoms with Crippen LogP contribution in [0.4, 0.5) is 26.3 Å². The molecule has 1 aromatic rings. The van der Waals surface area contributed by atoms with Crippen LogP contribution in [0.1, 0.15) is 28.5 Å². The van der Waals surface area contributed by atoms with Crippen LogP contribution in [0.25, 0.3) is 5.57 Å². The largest absolute Gasteiger partial charge is 0.328 e. The minimum Gasteiger partial charge on any atom is -0.294 e. The summed E-state index contributed by atoms with van der Waals surface area (Å²) in [5.74, 6) is -15.1. The third kappa shape index (κ3) is 2.42. The van der Waals surface area contributed by atoms with Gasteiger partial charge in [-0.05, 0) is 25.5 Å². The highest BCUT2D eigenvalue weighted by Gasteiger charge is 2.54. The molecule has 0 spiro atoms. The summed E-state index contributed by atoms with van der Waals surface area (Å²) in [6, 6.07) is 0.947. The molecule has 118 valence electrons. The number of ketones is 1. The second kappa shape index (κ2) is 4.96. The predicted molar refractivity (Wildman–Crippen MR) is 66.1 cm³/mol. The van der Waals surface area contributed by atoms with E-state index >= 15 is 0 Å². The number of pyridine rings is 1. The lowest BCUT2D eigenvalue weighted by Crippen LogP contribution is -2.32. The fraction of sp³-hybridized carbons (Fsp3) is 0.286. The summed E-state index contributed by atoms with van der Waals surface area (Å²) in [6.45, 7) is 2.60. The number of hydrogen-bond acceptors (Lipinski definition) is 2. The number of hydrogen-bond donors (Lipinski definition) is 0. The SMILES string of the molecule is CC(=O)c1cnc(C2=CC(F)(F)C(F)=C(F)C2(F)F)cc1C. The number of rotatable bonds is 2. The van der Waals surface area contributed by atoms with Gasteiger partial charge in [-0.1, -0.05) is 0 Å². The highest BCUT2D eigenvalue weighted by Crippen LogP contribution is 2.49. The zero-order valence-electron chi connectivity index (χ0n) is 11.4. The first-order valence-electron chi connectivity index (χ1n) is 6.01. The van der Waals surface area contributed by atoms with Crippen LogP contribution < -0.4 is 0 Å². The van der Waals surface area contributed by atoms with Gasteiger partial charge in [0.2, 0.25) is 11.7 Å². The molecule has 0 fully saturated rings. The predicted octanol–water partition coefficient (Wildman–Crippen LogP) is 4.41. The zero-order chi connectivity index (χ0) is 16.9. The number of nitrogens with zero attached hydrogens (tertiary/aromatic N) is 1. The molecule has 22 heavy (non-hydrogen) atoms. The molecule has 1 aromatic heterocycles. The zero-order valence-corrected chi connectivity index (χ0v) is 11.4. The average molecular weight is 321 g/mol. The van der Waals surface area contributed by atoms with E-state index in [4.69, 9.17) is 0 Å². The van der Waals surface area contributed by atoms with E-state index in [1.54, 1.807) is 0 Å². The van der Waals surface area contributed by atoms with Gasteiger partial charge in [0.1, 0.15) is 0 Å². The van der Waals surface area contributed by atoms with Gasteiger partial charge in [0.15, 0.2) is 5.78 Å². The molecule has 0 radical (unpaired) electrons. The number of Topliss-reactive ketones (excluding diaryl/α,β-unsaturated/α-hetero) is 1. The summed E-state index contributed by atoms with van der Waals surface area (Å²) in [5.41, 5.74) is -1.80. The summed E-state index contributed by atoms with van der Waals surface area (Å²) < 4.78 is 80.2. The number of aromatic nitrogens is 1. The Bertz CT molecular complexity index is 720. The van der Waals surface area contributed by atoms with E-state index in [0.717, 1.165) is 12.3 Å². The Labute approximate surface area is 121 Å². The van der Waals surface area contributed by atoms with Crippen molar-refractivity contribution in [2.45, 2.75) is 25.7 Å². The number of carbonyl (C=O) groups is 1. The first-order chi connectivity index (χ1) is 9.98.